The molecule has 0 N–H and O–H groups in total. The Hall–Kier alpha value is -0.990. The lowest BCUT2D eigenvalue weighted by atomic mass is 10.2. The summed E-state index contributed by atoms with van der Waals surface area (Å²) in [5, 5.41) is 13.0. The number of hydrogen-bond acceptors (Lipinski definition) is 1. The largest absolute Gasteiger partial charge is 0.618 e. The Labute approximate surface area is 84.9 Å². The van der Waals surface area contributed by atoms with Crippen molar-refractivity contribution in [3.63, 3.8) is 0 Å². The molecule has 0 saturated heterocycles. The lowest BCUT2D eigenvalue weighted by Crippen LogP contribution is -2.25. The van der Waals surface area contributed by atoms with Gasteiger partial charge in [0.25, 0.3) is 0 Å². The van der Waals surface area contributed by atoms with Crippen LogP contribution in [-0.4, -0.2) is 0 Å². The molecule has 0 unspecified atom stereocenters. The second-order valence-electron chi connectivity index (χ2n) is 2.65. The van der Waals surface area contributed by atoms with Gasteiger partial charge >= 0.3 is 0 Å². The van der Waals surface area contributed by atoms with Gasteiger partial charge in [-0.25, -0.2) is 0 Å². The normalized spacial score (nSPS) is 10.6. The highest BCUT2D eigenvalue weighted by Gasteiger charge is 2.06. The van der Waals surface area contributed by atoms with E-state index in [1.165, 1.54) is 6.20 Å². The highest BCUT2D eigenvalue weighted by atomic mass is 35.5. The van der Waals surface area contributed by atoms with Crippen LogP contribution in [0.15, 0.2) is 30.5 Å². The highest BCUT2D eigenvalue weighted by Crippen LogP contribution is 2.23. The Morgan fingerprint density at radius 2 is 1.92 bits per heavy atom. The van der Waals surface area contributed by atoms with Gasteiger partial charge in [0.05, 0.1) is 10.4 Å². The molecule has 0 spiro atoms. The molecule has 1 heterocycles. The van der Waals surface area contributed by atoms with Crippen LogP contribution in [0, 0.1) is 5.21 Å². The van der Waals surface area contributed by atoms with Gasteiger partial charge in [0.1, 0.15) is 0 Å². The molecule has 0 atom stereocenters. The Morgan fingerprint density at radius 3 is 2.69 bits per heavy atom. The summed E-state index contributed by atoms with van der Waals surface area (Å²) >= 11 is 11.7. The minimum Gasteiger partial charge on any atom is -0.618 e. The molecule has 0 aliphatic rings. The summed E-state index contributed by atoms with van der Waals surface area (Å²) in [7, 11) is 0. The molecule has 0 aliphatic carbocycles. The van der Waals surface area contributed by atoms with Crippen molar-refractivity contribution in [3.8, 4) is 0 Å². The molecular weight excluding hydrogens is 209 g/mol. The predicted octanol–water partition coefficient (Wildman–Crippen LogP) is 2.78. The van der Waals surface area contributed by atoms with Gasteiger partial charge in [0, 0.05) is 17.2 Å². The van der Waals surface area contributed by atoms with Crippen LogP contribution in [0.25, 0.3) is 10.9 Å². The molecule has 0 bridgehead atoms. The first-order valence-electron chi connectivity index (χ1n) is 3.65. The molecule has 0 aliphatic heterocycles. The minimum absolute atomic E-state index is 0.525. The molecule has 0 fully saturated rings. The molecule has 0 radical (unpaired) electrons. The number of pyridine rings is 1. The van der Waals surface area contributed by atoms with Crippen LogP contribution < -0.4 is 4.73 Å². The van der Waals surface area contributed by atoms with Gasteiger partial charge in [0.15, 0.2) is 6.20 Å². The summed E-state index contributed by atoms with van der Waals surface area (Å²) in [4.78, 5) is 0. The number of aromatic nitrogens is 1. The first-order chi connectivity index (χ1) is 6.18. The fourth-order valence-electron chi connectivity index (χ4n) is 1.19. The van der Waals surface area contributed by atoms with Crippen molar-refractivity contribution in [1.29, 1.82) is 0 Å². The second kappa shape index (κ2) is 3.05. The van der Waals surface area contributed by atoms with E-state index < -0.39 is 0 Å². The van der Waals surface area contributed by atoms with E-state index in [9.17, 15) is 5.21 Å². The first-order valence-corrected chi connectivity index (χ1v) is 4.41. The zero-order chi connectivity index (χ0) is 9.42. The van der Waals surface area contributed by atoms with E-state index in [0.29, 0.717) is 20.9 Å². The van der Waals surface area contributed by atoms with Crippen molar-refractivity contribution in [3.05, 3.63) is 45.7 Å². The van der Waals surface area contributed by atoms with Crippen LogP contribution in [0.3, 0.4) is 0 Å². The third-order valence-electron chi connectivity index (χ3n) is 1.81. The summed E-state index contributed by atoms with van der Waals surface area (Å²) in [6.45, 7) is 0. The van der Waals surface area contributed by atoms with Crippen LogP contribution in [0.4, 0.5) is 0 Å². The summed E-state index contributed by atoms with van der Waals surface area (Å²) in [6, 6.07) is 6.53. The number of halogens is 2. The third-order valence-corrected chi connectivity index (χ3v) is 2.37. The van der Waals surface area contributed by atoms with Crippen molar-refractivity contribution in [2.45, 2.75) is 0 Å². The maximum atomic E-state index is 11.3. The number of rotatable bonds is 0. The van der Waals surface area contributed by atoms with Gasteiger partial charge in [-0.2, -0.15) is 4.73 Å². The summed E-state index contributed by atoms with van der Waals surface area (Å²) in [5.74, 6) is 0. The van der Waals surface area contributed by atoms with E-state index >= 15 is 0 Å². The number of hydrogen-bond donors (Lipinski definition) is 0. The van der Waals surface area contributed by atoms with Gasteiger partial charge in [-0.05, 0) is 12.1 Å². The topological polar surface area (TPSA) is 26.9 Å². The number of nitrogens with zero attached hydrogens (tertiary/aromatic N) is 1. The molecule has 2 nitrogen and oxygen atoms in total. The molecular formula is C9H5Cl2NO. The van der Waals surface area contributed by atoms with Crippen LogP contribution >= 0.6 is 23.2 Å². The lowest BCUT2D eigenvalue weighted by Gasteiger charge is -2.02. The van der Waals surface area contributed by atoms with Crippen molar-refractivity contribution < 1.29 is 4.73 Å². The Bertz CT molecular complexity index is 470. The predicted molar refractivity (Wildman–Crippen MR) is 52.9 cm³/mol. The van der Waals surface area contributed by atoms with E-state index in [2.05, 4.69) is 0 Å². The van der Waals surface area contributed by atoms with Gasteiger partial charge in [0.2, 0.25) is 5.52 Å². The van der Waals surface area contributed by atoms with Crippen LogP contribution in [-0.2, 0) is 0 Å². The molecule has 0 amide bonds. The Balaban J connectivity index is 2.92. The second-order valence-corrected chi connectivity index (χ2v) is 3.49. The van der Waals surface area contributed by atoms with Crippen LogP contribution in [0.1, 0.15) is 0 Å². The third kappa shape index (κ3) is 1.43. The van der Waals surface area contributed by atoms with E-state index in [1.54, 1.807) is 24.3 Å². The molecule has 1 aromatic heterocycles. The standard InChI is InChI=1S/C9H5Cl2NO/c10-6-1-2-9-7(5-6)8(11)3-4-12(9)13/h1-5H. The van der Waals surface area contributed by atoms with Gasteiger partial charge in [-0.15, -0.1) is 0 Å². The smallest absolute Gasteiger partial charge is 0.225 e. The van der Waals surface area contributed by atoms with E-state index in [-0.39, 0.29) is 0 Å². The lowest BCUT2D eigenvalue weighted by molar-refractivity contribution is -0.577. The fraction of sp³-hybridized carbons (Fsp3) is 0. The maximum absolute atomic E-state index is 11.3. The quantitative estimate of drug-likeness (QED) is 0.489. The van der Waals surface area contributed by atoms with Crippen molar-refractivity contribution in [1.82, 2.24) is 0 Å². The van der Waals surface area contributed by atoms with Gasteiger partial charge in [-0.3, -0.25) is 0 Å². The van der Waals surface area contributed by atoms with E-state index in [1.807, 2.05) is 0 Å². The Kier molecular flexibility index (Phi) is 2.02. The monoisotopic (exact) mass is 213 g/mol. The van der Waals surface area contributed by atoms with Gasteiger partial charge in [-0.1, -0.05) is 23.2 Å². The van der Waals surface area contributed by atoms with Crippen molar-refractivity contribution in [2.75, 3.05) is 0 Å². The molecule has 0 saturated carbocycles. The average Bonchev–Trinajstić information content (AvgIpc) is 2.12. The maximum Gasteiger partial charge on any atom is 0.225 e. The molecule has 13 heavy (non-hydrogen) atoms. The minimum atomic E-state index is 0.525. The Morgan fingerprint density at radius 1 is 1.15 bits per heavy atom. The molecule has 2 rings (SSSR count). The van der Waals surface area contributed by atoms with E-state index in [0.717, 1.165) is 4.73 Å². The zero-order valence-electron chi connectivity index (χ0n) is 6.50. The number of benzene rings is 1. The van der Waals surface area contributed by atoms with E-state index in [4.69, 9.17) is 23.2 Å². The summed E-state index contributed by atoms with van der Waals surface area (Å²) in [6.07, 6.45) is 1.37. The van der Waals surface area contributed by atoms with Gasteiger partial charge < -0.3 is 5.21 Å². The molecule has 66 valence electrons. The highest BCUT2D eigenvalue weighted by molar-refractivity contribution is 6.36. The van der Waals surface area contributed by atoms with Crippen LogP contribution in [0.5, 0.6) is 0 Å². The van der Waals surface area contributed by atoms with Crippen molar-refractivity contribution in [2.24, 2.45) is 0 Å². The SMILES string of the molecule is [O-][n+]1ccc(Cl)c2cc(Cl)ccc21. The molecule has 1 aromatic carbocycles. The molecule has 2 aromatic rings. The number of fused-ring (bicyclic) bond motifs is 1. The molecule has 4 heteroatoms. The summed E-state index contributed by atoms with van der Waals surface area (Å²) in [5.41, 5.74) is 0.525. The summed E-state index contributed by atoms with van der Waals surface area (Å²) < 4.78 is 0.761. The van der Waals surface area contributed by atoms with Crippen molar-refractivity contribution >= 4 is 34.1 Å². The van der Waals surface area contributed by atoms with Crippen LogP contribution in [0.2, 0.25) is 10.0 Å². The zero-order valence-corrected chi connectivity index (χ0v) is 8.01. The average molecular weight is 214 g/mol. The fourth-order valence-corrected chi connectivity index (χ4v) is 1.57. The first kappa shape index (κ1) is 8.60.